The van der Waals surface area contributed by atoms with E-state index >= 15 is 0 Å². The zero-order valence-electron chi connectivity index (χ0n) is 17.5. The first-order valence-electron chi connectivity index (χ1n) is 9.62. The zero-order chi connectivity index (χ0) is 22.1. The van der Waals surface area contributed by atoms with Crippen molar-refractivity contribution in [2.75, 3.05) is 26.2 Å². The number of rotatable bonds is 4. The predicted octanol–water partition coefficient (Wildman–Crippen LogP) is 1.66. The van der Waals surface area contributed by atoms with E-state index in [-0.39, 0.29) is 22.5 Å². The summed E-state index contributed by atoms with van der Waals surface area (Å²) in [5.74, 6) is -0.262. The summed E-state index contributed by atoms with van der Waals surface area (Å²) in [5.41, 5.74) is 0.431. The Hall–Kier alpha value is -2.72. The summed E-state index contributed by atoms with van der Waals surface area (Å²) in [6.45, 7) is 8.54. The van der Waals surface area contributed by atoms with Gasteiger partial charge in [-0.25, -0.2) is 13.1 Å². The van der Waals surface area contributed by atoms with Crippen molar-refractivity contribution < 1.29 is 22.5 Å². The number of hydrogen-bond donors (Lipinski definition) is 1. The predicted molar refractivity (Wildman–Crippen MR) is 110 cm³/mol. The Kier molecular flexibility index (Phi) is 6.00. The van der Waals surface area contributed by atoms with E-state index in [9.17, 15) is 18.0 Å². The van der Waals surface area contributed by atoms with E-state index < -0.39 is 15.6 Å². The van der Waals surface area contributed by atoms with E-state index in [2.05, 4.69) is 9.88 Å². The van der Waals surface area contributed by atoms with Gasteiger partial charge in [0.15, 0.2) is 0 Å². The van der Waals surface area contributed by atoms with Crippen LogP contribution in [0.2, 0.25) is 0 Å². The Bertz CT molecular complexity index is 1030. The molecule has 0 atom stereocenters. The van der Waals surface area contributed by atoms with Crippen molar-refractivity contribution in [3.05, 3.63) is 47.3 Å². The average Bonchev–Trinajstić information content (AvgIpc) is 3.11. The van der Waals surface area contributed by atoms with Crippen LogP contribution in [-0.2, 0) is 10.0 Å². The lowest BCUT2D eigenvalue weighted by Gasteiger charge is -2.34. The molecule has 1 aromatic heterocycles. The molecule has 10 heteroatoms. The largest absolute Gasteiger partial charge is 0.351 e. The number of piperazine rings is 1. The highest BCUT2D eigenvalue weighted by Crippen LogP contribution is 2.16. The lowest BCUT2D eigenvalue weighted by atomic mass is 10.1. The maximum Gasteiger partial charge on any atom is 0.292 e. The topological polar surface area (TPSA) is 113 Å². The number of sulfonamides is 1. The van der Waals surface area contributed by atoms with E-state index in [0.717, 1.165) is 0 Å². The number of carbonyl (C=O) groups excluding carboxylic acids is 2. The van der Waals surface area contributed by atoms with Crippen LogP contribution in [0.15, 0.2) is 39.8 Å². The van der Waals surface area contributed by atoms with E-state index in [1.807, 2.05) is 0 Å². The van der Waals surface area contributed by atoms with Crippen molar-refractivity contribution in [1.29, 1.82) is 0 Å². The van der Waals surface area contributed by atoms with E-state index in [4.69, 9.17) is 4.52 Å². The van der Waals surface area contributed by atoms with Crippen LogP contribution in [0.5, 0.6) is 0 Å². The quantitative estimate of drug-likeness (QED) is 0.783. The molecule has 1 N–H and O–H groups in total. The van der Waals surface area contributed by atoms with Gasteiger partial charge < -0.3 is 14.3 Å². The molecule has 0 spiro atoms. The molecule has 0 radical (unpaired) electrons. The Morgan fingerprint density at radius 2 is 1.53 bits per heavy atom. The summed E-state index contributed by atoms with van der Waals surface area (Å²) in [6, 6.07) is 7.45. The minimum Gasteiger partial charge on any atom is -0.351 e. The second-order valence-electron chi connectivity index (χ2n) is 8.30. The van der Waals surface area contributed by atoms with Crippen LogP contribution in [0.4, 0.5) is 0 Å². The van der Waals surface area contributed by atoms with Crippen molar-refractivity contribution in [2.45, 2.75) is 38.1 Å². The number of amides is 2. The van der Waals surface area contributed by atoms with Crippen molar-refractivity contribution >= 4 is 21.8 Å². The highest BCUT2D eigenvalue weighted by molar-refractivity contribution is 7.89. The average molecular weight is 435 g/mol. The van der Waals surface area contributed by atoms with Gasteiger partial charge in [0, 0.05) is 43.3 Å². The molecule has 162 valence electrons. The summed E-state index contributed by atoms with van der Waals surface area (Å²) in [6.07, 6.45) is 0. The van der Waals surface area contributed by atoms with Gasteiger partial charge in [-0.2, -0.15) is 0 Å². The third-order valence-electron chi connectivity index (χ3n) is 4.54. The molecular formula is C20H26N4O5S. The van der Waals surface area contributed by atoms with Gasteiger partial charge in [0.2, 0.25) is 15.8 Å². The molecule has 3 rings (SSSR count). The highest BCUT2D eigenvalue weighted by Gasteiger charge is 2.28. The smallest absolute Gasteiger partial charge is 0.292 e. The molecular weight excluding hydrogens is 408 g/mol. The van der Waals surface area contributed by atoms with Gasteiger partial charge in [-0.15, -0.1) is 0 Å². The third-order valence-corrected chi connectivity index (χ3v) is 6.32. The van der Waals surface area contributed by atoms with Gasteiger partial charge in [-0.3, -0.25) is 9.59 Å². The molecule has 9 nitrogen and oxygen atoms in total. The standard InChI is InChI=1S/C20H26N4O5S/c1-14-13-17(29-21-14)19(26)24-11-9-23(10-12-24)18(25)15-5-7-16(8-6-15)30(27,28)22-20(2,3)4/h5-8,13,22H,9-12H2,1-4H3. The molecule has 0 bridgehead atoms. The molecule has 0 unspecified atom stereocenters. The fourth-order valence-corrected chi connectivity index (χ4v) is 4.57. The van der Waals surface area contributed by atoms with Gasteiger partial charge in [0.1, 0.15) is 0 Å². The van der Waals surface area contributed by atoms with Crippen LogP contribution in [0.1, 0.15) is 47.4 Å². The van der Waals surface area contributed by atoms with E-state index in [1.54, 1.807) is 43.6 Å². The number of nitrogens with zero attached hydrogens (tertiary/aromatic N) is 3. The Labute approximate surface area is 176 Å². The van der Waals surface area contributed by atoms with Crippen LogP contribution in [0, 0.1) is 6.92 Å². The van der Waals surface area contributed by atoms with Crippen LogP contribution in [0.25, 0.3) is 0 Å². The Morgan fingerprint density at radius 3 is 2.00 bits per heavy atom. The lowest BCUT2D eigenvalue weighted by Crippen LogP contribution is -2.50. The minimum absolute atomic E-state index is 0.103. The van der Waals surface area contributed by atoms with Crippen LogP contribution in [-0.4, -0.2) is 66.9 Å². The van der Waals surface area contributed by atoms with Gasteiger partial charge >= 0.3 is 0 Å². The summed E-state index contributed by atoms with van der Waals surface area (Å²) in [7, 11) is -3.66. The number of carbonyl (C=O) groups is 2. The maximum atomic E-state index is 12.8. The SMILES string of the molecule is Cc1cc(C(=O)N2CCN(C(=O)c3ccc(S(=O)(=O)NC(C)(C)C)cc3)CC2)on1. The molecule has 1 aromatic carbocycles. The first-order chi connectivity index (χ1) is 14.0. The van der Waals surface area contributed by atoms with Gasteiger partial charge in [0.05, 0.1) is 10.6 Å². The number of hydrogen-bond acceptors (Lipinski definition) is 6. The van der Waals surface area contributed by atoms with Gasteiger partial charge in [0.25, 0.3) is 11.8 Å². The second-order valence-corrected chi connectivity index (χ2v) is 9.98. The number of aryl methyl sites for hydroxylation is 1. The van der Waals surface area contributed by atoms with Crippen molar-refractivity contribution in [3.63, 3.8) is 0 Å². The maximum absolute atomic E-state index is 12.8. The Morgan fingerprint density at radius 1 is 1.00 bits per heavy atom. The van der Waals surface area contributed by atoms with Crippen molar-refractivity contribution in [3.8, 4) is 0 Å². The number of aromatic nitrogens is 1. The van der Waals surface area contributed by atoms with Crippen molar-refractivity contribution in [1.82, 2.24) is 19.7 Å². The molecule has 1 fully saturated rings. The number of nitrogens with one attached hydrogen (secondary N) is 1. The summed E-state index contributed by atoms with van der Waals surface area (Å²) in [5, 5.41) is 3.72. The first kappa shape index (κ1) is 22.0. The van der Waals surface area contributed by atoms with E-state index in [0.29, 0.717) is 37.4 Å². The van der Waals surface area contributed by atoms with Crippen LogP contribution < -0.4 is 4.72 Å². The lowest BCUT2D eigenvalue weighted by molar-refractivity contribution is 0.0512. The Balaban J connectivity index is 1.62. The molecule has 1 saturated heterocycles. The summed E-state index contributed by atoms with van der Waals surface area (Å²) in [4.78, 5) is 28.6. The molecule has 30 heavy (non-hydrogen) atoms. The zero-order valence-corrected chi connectivity index (χ0v) is 18.3. The minimum atomic E-state index is -3.66. The fourth-order valence-electron chi connectivity index (χ4n) is 3.15. The van der Waals surface area contributed by atoms with E-state index in [1.165, 1.54) is 24.3 Å². The first-order valence-corrected chi connectivity index (χ1v) is 11.1. The molecule has 2 heterocycles. The van der Waals surface area contributed by atoms with Crippen LogP contribution >= 0.6 is 0 Å². The van der Waals surface area contributed by atoms with Gasteiger partial charge in [-0.05, 0) is 52.0 Å². The molecule has 1 aliphatic heterocycles. The number of benzene rings is 1. The molecule has 0 saturated carbocycles. The molecule has 0 aliphatic carbocycles. The highest BCUT2D eigenvalue weighted by atomic mass is 32.2. The third kappa shape index (κ3) is 5.06. The summed E-state index contributed by atoms with van der Waals surface area (Å²) < 4.78 is 32.4. The molecule has 2 aromatic rings. The normalized spacial score (nSPS) is 15.3. The fraction of sp³-hybridized carbons (Fsp3) is 0.450. The van der Waals surface area contributed by atoms with Crippen molar-refractivity contribution in [2.24, 2.45) is 0 Å². The molecule has 2 amide bonds. The summed E-state index contributed by atoms with van der Waals surface area (Å²) >= 11 is 0. The van der Waals surface area contributed by atoms with Crippen LogP contribution in [0.3, 0.4) is 0 Å². The second kappa shape index (κ2) is 8.19. The van der Waals surface area contributed by atoms with Gasteiger partial charge in [-0.1, -0.05) is 5.16 Å². The monoisotopic (exact) mass is 434 g/mol. The molecule has 1 aliphatic rings.